The minimum absolute atomic E-state index is 0.113. The molecule has 2 amide bonds. The number of hydrogen-bond acceptors (Lipinski definition) is 5. The van der Waals surface area contributed by atoms with Crippen molar-refractivity contribution in [3.63, 3.8) is 0 Å². The van der Waals surface area contributed by atoms with Crippen molar-refractivity contribution in [3.8, 4) is 0 Å². The number of amides is 2. The van der Waals surface area contributed by atoms with Crippen molar-refractivity contribution < 1.29 is 14.0 Å². The first-order valence-electron chi connectivity index (χ1n) is 6.74. The molecule has 0 atom stereocenters. The Morgan fingerprint density at radius 3 is 2.87 bits per heavy atom. The molecule has 0 bridgehead atoms. The number of hydrogen-bond donors (Lipinski definition) is 2. The largest absolute Gasteiger partial charge is 0.454 e. The molecule has 0 fully saturated rings. The maximum absolute atomic E-state index is 12.2. The van der Waals surface area contributed by atoms with Gasteiger partial charge in [-0.15, -0.1) is 0 Å². The average Bonchev–Trinajstić information content (AvgIpc) is 3.21. The van der Waals surface area contributed by atoms with E-state index in [4.69, 9.17) is 10.2 Å². The Bertz CT molecular complexity index is 846. The zero-order valence-corrected chi connectivity index (χ0v) is 12.3. The van der Waals surface area contributed by atoms with Crippen LogP contribution in [0.1, 0.15) is 26.8 Å². The van der Waals surface area contributed by atoms with E-state index in [0.29, 0.717) is 12.3 Å². The van der Waals surface area contributed by atoms with Gasteiger partial charge in [0.05, 0.1) is 18.4 Å². The number of nitrogens with zero attached hydrogens (tertiary/aromatic N) is 4. The fourth-order valence-corrected chi connectivity index (χ4v) is 2.14. The minimum Gasteiger partial charge on any atom is -0.454 e. The predicted octanol–water partition coefficient (Wildman–Crippen LogP) is 0.609. The number of nitrogens with two attached hydrogens (primary N) is 1. The monoisotopic (exact) mass is 314 g/mol. The molecule has 3 heterocycles. The van der Waals surface area contributed by atoms with Gasteiger partial charge in [-0.2, -0.15) is 10.2 Å². The number of rotatable bonds is 5. The number of furan rings is 1. The highest BCUT2D eigenvalue weighted by Crippen LogP contribution is 2.16. The minimum atomic E-state index is -0.681. The number of carbonyl (C=O) groups is 2. The van der Waals surface area contributed by atoms with Crippen LogP contribution in [0.15, 0.2) is 41.2 Å². The number of primary amides is 1. The molecule has 3 rings (SSSR count). The molecule has 3 aromatic heterocycles. The Labute approximate surface area is 130 Å². The maximum Gasteiger partial charge on any atom is 0.291 e. The fraction of sp³-hybridized carbons (Fsp3) is 0.143. The third kappa shape index (κ3) is 2.98. The molecule has 0 radical (unpaired) electrons. The van der Waals surface area contributed by atoms with Crippen LogP contribution in [-0.2, 0) is 13.6 Å². The molecular weight excluding hydrogens is 300 g/mol. The SMILES string of the molecule is Cn1ncc(NC(=O)c2ccc(Cn3cccn3)o2)c1C(N)=O. The first-order chi connectivity index (χ1) is 11.0. The molecule has 0 aliphatic carbocycles. The lowest BCUT2D eigenvalue weighted by Crippen LogP contribution is -2.20. The van der Waals surface area contributed by atoms with Crippen molar-refractivity contribution in [1.29, 1.82) is 0 Å². The van der Waals surface area contributed by atoms with E-state index in [2.05, 4.69) is 15.5 Å². The molecule has 0 aliphatic rings. The Kier molecular flexibility index (Phi) is 3.67. The highest BCUT2D eigenvalue weighted by molar-refractivity contribution is 6.06. The van der Waals surface area contributed by atoms with Gasteiger partial charge in [0.2, 0.25) is 0 Å². The summed E-state index contributed by atoms with van der Waals surface area (Å²) in [5.74, 6) is -0.474. The van der Waals surface area contributed by atoms with Gasteiger partial charge in [0.1, 0.15) is 11.5 Å². The maximum atomic E-state index is 12.2. The number of aromatic nitrogens is 4. The lowest BCUT2D eigenvalue weighted by atomic mass is 10.3. The van der Waals surface area contributed by atoms with E-state index in [1.54, 1.807) is 42.3 Å². The Morgan fingerprint density at radius 2 is 2.17 bits per heavy atom. The number of anilines is 1. The van der Waals surface area contributed by atoms with Gasteiger partial charge in [-0.3, -0.25) is 19.0 Å². The van der Waals surface area contributed by atoms with Gasteiger partial charge in [-0.25, -0.2) is 0 Å². The van der Waals surface area contributed by atoms with Crippen LogP contribution in [0.2, 0.25) is 0 Å². The van der Waals surface area contributed by atoms with E-state index < -0.39 is 11.8 Å². The van der Waals surface area contributed by atoms with Crippen molar-refractivity contribution in [2.45, 2.75) is 6.54 Å². The zero-order chi connectivity index (χ0) is 16.4. The average molecular weight is 314 g/mol. The van der Waals surface area contributed by atoms with E-state index in [1.165, 1.54) is 10.9 Å². The summed E-state index contributed by atoms with van der Waals surface area (Å²) in [7, 11) is 1.56. The van der Waals surface area contributed by atoms with Gasteiger partial charge < -0.3 is 15.5 Å². The van der Waals surface area contributed by atoms with Crippen LogP contribution in [0.3, 0.4) is 0 Å². The van der Waals surface area contributed by atoms with Crippen LogP contribution in [0.4, 0.5) is 5.69 Å². The third-order valence-corrected chi connectivity index (χ3v) is 3.18. The number of aryl methyl sites for hydroxylation is 1. The normalized spacial score (nSPS) is 10.7. The van der Waals surface area contributed by atoms with E-state index in [0.717, 1.165) is 0 Å². The first kappa shape index (κ1) is 14.6. The quantitative estimate of drug-likeness (QED) is 0.714. The van der Waals surface area contributed by atoms with Crippen molar-refractivity contribution in [1.82, 2.24) is 19.6 Å². The van der Waals surface area contributed by atoms with Crippen LogP contribution in [0.5, 0.6) is 0 Å². The molecule has 9 nitrogen and oxygen atoms in total. The lowest BCUT2D eigenvalue weighted by Gasteiger charge is -2.03. The van der Waals surface area contributed by atoms with E-state index in [1.807, 2.05) is 0 Å². The smallest absolute Gasteiger partial charge is 0.291 e. The molecule has 0 unspecified atom stereocenters. The third-order valence-electron chi connectivity index (χ3n) is 3.18. The van der Waals surface area contributed by atoms with Crippen molar-refractivity contribution in [2.75, 3.05) is 5.32 Å². The van der Waals surface area contributed by atoms with Crippen LogP contribution < -0.4 is 11.1 Å². The molecule has 9 heteroatoms. The molecule has 0 saturated heterocycles. The van der Waals surface area contributed by atoms with Crippen LogP contribution in [0.25, 0.3) is 0 Å². The molecule has 0 aliphatic heterocycles. The summed E-state index contributed by atoms with van der Waals surface area (Å²) in [6.45, 7) is 0.416. The molecule has 118 valence electrons. The summed E-state index contributed by atoms with van der Waals surface area (Å²) in [6, 6.07) is 5.04. The van der Waals surface area contributed by atoms with Gasteiger partial charge in [0.15, 0.2) is 5.76 Å². The van der Waals surface area contributed by atoms with Crippen LogP contribution >= 0.6 is 0 Å². The summed E-state index contributed by atoms with van der Waals surface area (Å²) in [5, 5.41) is 10.5. The predicted molar refractivity (Wildman–Crippen MR) is 79.7 cm³/mol. The van der Waals surface area contributed by atoms with E-state index in [9.17, 15) is 9.59 Å². The van der Waals surface area contributed by atoms with E-state index >= 15 is 0 Å². The summed E-state index contributed by atoms with van der Waals surface area (Å²) in [4.78, 5) is 23.6. The summed E-state index contributed by atoms with van der Waals surface area (Å²) >= 11 is 0. The van der Waals surface area contributed by atoms with Gasteiger partial charge in [-0.05, 0) is 18.2 Å². The molecular formula is C14H14N6O3. The Hall–Kier alpha value is -3.36. The topological polar surface area (TPSA) is 121 Å². The van der Waals surface area contributed by atoms with Gasteiger partial charge in [0.25, 0.3) is 11.8 Å². The van der Waals surface area contributed by atoms with Crippen molar-refractivity contribution in [3.05, 3.63) is 54.0 Å². The molecule has 3 N–H and O–H groups in total. The highest BCUT2D eigenvalue weighted by Gasteiger charge is 2.18. The first-order valence-corrected chi connectivity index (χ1v) is 6.74. The standard InChI is InChI=1S/C14H14N6O3/c1-19-12(13(15)21)10(7-17-19)18-14(22)11-4-3-9(23-11)8-20-6-2-5-16-20/h2-7H,8H2,1H3,(H2,15,21)(H,18,22). The Morgan fingerprint density at radius 1 is 1.35 bits per heavy atom. The summed E-state index contributed by atoms with van der Waals surface area (Å²) in [5.41, 5.74) is 5.61. The van der Waals surface area contributed by atoms with E-state index in [-0.39, 0.29) is 17.1 Å². The molecule has 0 spiro atoms. The highest BCUT2D eigenvalue weighted by atomic mass is 16.4. The Balaban J connectivity index is 1.74. The van der Waals surface area contributed by atoms with Gasteiger partial charge in [-0.1, -0.05) is 0 Å². The molecule has 0 saturated carbocycles. The summed E-state index contributed by atoms with van der Waals surface area (Å²) in [6.07, 6.45) is 4.80. The second kappa shape index (κ2) is 5.79. The van der Waals surface area contributed by atoms with Crippen LogP contribution in [0, 0.1) is 0 Å². The second-order valence-corrected chi connectivity index (χ2v) is 4.82. The summed E-state index contributed by atoms with van der Waals surface area (Å²) < 4.78 is 8.45. The molecule has 3 aromatic rings. The zero-order valence-electron chi connectivity index (χ0n) is 12.3. The molecule has 23 heavy (non-hydrogen) atoms. The van der Waals surface area contributed by atoms with Crippen LogP contribution in [-0.4, -0.2) is 31.4 Å². The number of nitrogens with one attached hydrogen (secondary N) is 1. The van der Waals surface area contributed by atoms with Gasteiger partial charge in [0, 0.05) is 19.4 Å². The van der Waals surface area contributed by atoms with Crippen molar-refractivity contribution in [2.24, 2.45) is 12.8 Å². The van der Waals surface area contributed by atoms with Crippen molar-refractivity contribution >= 4 is 17.5 Å². The second-order valence-electron chi connectivity index (χ2n) is 4.82. The lowest BCUT2D eigenvalue weighted by molar-refractivity contribution is 0.0992. The van der Waals surface area contributed by atoms with Gasteiger partial charge >= 0.3 is 0 Å². The molecule has 0 aromatic carbocycles. The fourth-order valence-electron chi connectivity index (χ4n) is 2.14. The number of carbonyl (C=O) groups excluding carboxylic acids is 2.